The van der Waals surface area contributed by atoms with E-state index in [2.05, 4.69) is 0 Å². The molecule has 0 saturated carbocycles. The molecule has 0 aliphatic carbocycles. The summed E-state index contributed by atoms with van der Waals surface area (Å²) in [5.74, 6) is 1.46. The van der Waals surface area contributed by atoms with E-state index in [1.165, 1.54) is 0 Å². The molecule has 1 aromatic carbocycles. The van der Waals surface area contributed by atoms with Gasteiger partial charge in [0.05, 0.1) is 19.9 Å². The quantitative estimate of drug-likeness (QED) is 0.758. The van der Waals surface area contributed by atoms with Gasteiger partial charge >= 0.3 is 0 Å². The van der Waals surface area contributed by atoms with Gasteiger partial charge in [-0.3, -0.25) is 4.79 Å². The Morgan fingerprint density at radius 1 is 1.18 bits per heavy atom. The summed E-state index contributed by atoms with van der Waals surface area (Å²) in [6.07, 6.45) is 4.36. The Morgan fingerprint density at radius 3 is 2.59 bits per heavy atom. The van der Waals surface area contributed by atoms with E-state index in [-0.39, 0.29) is 0 Å². The van der Waals surface area contributed by atoms with Crippen LogP contribution in [0.2, 0.25) is 0 Å². The molecule has 88 valence electrons. The Kier molecular flexibility index (Phi) is 3.14. The standard InChI is InChI=1S/C13H13NO3/c1-16-11-3-4-13(17-2)12(7-11)14-6-5-10(8-14)9-15/h3-9H,1-2H3. The van der Waals surface area contributed by atoms with E-state index in [0.717, 1.165) is 23.5 Å². The molecule has 0 saturated heterocycles. The van der Waals surface area contributed by atoms with Crippen molar-refractivity contribution < 1.29 is 14.3 Å². The van der Waals surface area contributed by atoms with Crippen LogP contribution in [0, 0.1) is 0 Å². The number of aromatic nitrogens is 1. The summed E-state index contributed by atoms with van der Waals surface area (Å²) in [6, 6.07) is 7.25. The van der Waals surface area contributed by atoms with Crippen molar-refractivity contribution in [3.8, 4) is 17.2 Å². The minimum Gasteiger partial charge on any atom is -0.497 e. The number of hydrogen-bond acceptors (Lipinski definition) is 3. The van der Waals surface area contributed by atoms with Gasteiger partial charge in [-0.25, -0.2) is 0 Å². The van der Waals surface area contributed by atoms with E-state index in [0.29, 0.717) is 5.56 Å². The van der Waals surface area contributed by atoms with E-state index >= 15 is 0 Å². The van der Waals surface area contributed by atoms with Gasteiger partial charge < -0.3 is 14.0 Å². The summed E-state index contributed by atoms with van der Waals surface area (Å²) in [5.41, 5.74) is 1.45. The second-order valence-corrected chi connectivity index (χ2v) is 3.51. The lowest BCUT2D eigenvalue weighted by atomic mass is 10.2. The van der Waals surface area contributed by atoms with Gasteiger partial charge in [-0.2, -0.15) is 0 Å². The molecule has 0 unspecified atom stereocenters. The van der Waals surface area contributed by atoms with E-state index in [1.807, 2.05) is 22.8 Å². The minimum absolute atomic E-state index is 0.620. The molecular weight excluding hydrogens is 218 g/mol. The SMILES string of the molecule is COc1ccc(OC)c(-n2ccc(C=O)c2)c1. The number of carbonyl (C=O) groups is 1. The smallest absolute Gasteiger partial charge is 0.151 e. The Morgan fingerprint density at radius 2 is 2.00 bits per heavy atom. The molecule has 0 atom stereocenters. The predicted octanol–water partition coefficient (Wildman–Crippen LogP) is 2.31. The average Bonchev–Trinajstić information content (AvgIpc) is 2.86. The highest BCUT2D eigenvalue weighted by molar-refractivity contribution is 5.74. The fourth-order valence-corrected chi connectivity index (χ4v) is 1.63. The molecule has 0 aliphatic heterocycles. The lowest BCUT2D eigenvalue weighted by molar-refractivity contribution is 0.112. The zero-order valence-corrected chi connectivity index (χ0v) is 9.71. The maximum Gasteiger partial charge on any atom is 0.151 e. The Bertz CT molecular complexity index is 531. The fourth-order valence-electron chi connectivity index (χ4n) is 1.63. The van der Waals surface area contributed by atoms with Crippen LogP contribution < -0.4 is 9.47 Å². The second-order valence-electron chi connectivity index (χ2n) is 3.51. The summed E-state index contributed by atoms with van der Waals surface area (Å²) < 4.78 is 12.3. The Balaban J connectivity index is 2.51. The number of aldehydes is 1. The molecule has 17 heavy (non-hydrogen) atoms. The largest absolute Gasteiger partial charge is 0.497 e. The topological polar surface area (TPSA) is 40.5 Å². The second kappa shape index (κ2) is 4.74. The first kappa shape index (κ1) is 11.3. The molecule has 0 N–H and O–H groups in total. The van der Waals surface area contributed by atoms with Crippen LogP contribution in [-0.4, -0.2) is 25.1 Å². The van der Waals surface area contributed by atoms with Crippen molar-refractivity contribution in [2.24, 2.45) is 0 Å². The Labute approximate surface area is 99.4 Å². The van der Waals surface area contributed by atoms with Crippen molar-refractivity contribution in [1.82, 2.24) is 4.57 Å². The van der Waals surface area contributed by atoms with Gasteiger partial charge in [0.2, 0.25) is 0 Å². The summed E-state index contributed by atoms with van der Waals surface area (Å²) >= 11 is 0. The molecule has 1 heterocycles. The molecule has 0 aliphatic rings. The maximum absolute atomic E-state index is 10.7. The number of benzene rings is 1. The summed E-state index contributed by atoms with van der Waals surface area (Å²) in [4.78, 5) is 10.7. The van der Waals surface area contributed by atoms with Crippen LogP contribution >= 0.6 is 0 Å². The van der Waals surface area contributed by atoms with Gasteiger partial charge in [0, 0.05) is 24.0 Å². The third-order valence-electron chi connectivity index (χ3n) is 2.52. The molecule has 0 fully saturated rings. The third kappa shape index (κ3) is 2.15. The first-order chi connectivity index (χ1) is 8.28. The van der Waals surface area contributed by atoms with Crippen molar-refractivity contribution in [3.63, 3.8) is 0 Å². The molecule has 0 radical (unpaired) electrons. The van der Waals surface area contributed by atoms with Crippen LogP contribution in [0.15, 0.2) is 36.7 Å². The van der Waals surface area contributed by atoms with Gasteiger partial charge in [-0.05, 0) is 18.2 Å². The van der Waals surface area contributed by atoms with E-state index in [1.54, 1.807) is 32.7 Å². The van der Waals surface area contributed by atoms with Crippen molar-refractivity contribution >= 4 is 6.29 Å². The zero-order chi connectivity index (χ0) is 12.3. The van der Waals surface area contributed by atoms with Gasteiger partial charge in [0.25, 0.3) is 0 Å². The highest BCUT2D eigenvalue weighted by Crippen LogP contribution is 2.27. The fraction of sp³-hybridized carbons (Fsp3) is 0.154. The van der Waals surface area contributed by atoms with Gasteiger partial charge in [0.15, 0.2) is 6.29 Å². The third-order valence-corrected chi connectivity index (χ3v) is 2.52. The van der Waals surface area contributed by atoms with Crippen LogP contribution in [0.3, 0.4) is 0 Å². The number of hydrogen-bond donors (Lipinski definition) is 0. The first-order valence-electron chi connectivity index (χ1n) is 5.14. The summed E-state index contributed by atoms with van der Waals surface area (Å²) in [5, 5.41) is 0. The van der Waals surface area contributed by atoms with Gasteiger partial charge in [-0.15, -0.1) is 0 Å². The van der Waals surface area contributed by atoms with E-state index in [4.69, 9.17) is 9.47 Å². The Hall–Kier alpha value is -2.23. The van der Waals surface area contributed by atoms with Crippen molar-refractivity contribution in [2.45, 2.75) is 0 Å². The van der Waals surface area contributed by atoms with E-state index in [9.17, 15) is 4.79 Å². The molecule has 0 bridgehead atoms. The number of carbonyl (C=O) groups excluding carboxylic acids is 1. The van der Waals surface area contributed by atoms with Crippen LogP contribution in [0.5, 0.6) is 11.5 Å². The number of ether oxygens (including phenoxy) is 2. The number of nitrogens with zero attached hydrogens (tertiary/aromatic N) is 1. The molecule has 2 rings (SSSR count). The summed E-state index contributed by atoms with van der Waals surface area (Å²) in [6.45, 7) is 0. The number of methoxy groups -OCH3 is 2. The zero-order valence-electron chi connectivity index (χ0n) is 9.71. The molecule has 2 aromatic rings. The average molecular weight is 231 g/mol. The predicted molar refractivity (Wildman–Crippen MR) is 64.3 cm³/mol. The van der Waals surface area contributed by atoms with Crippen molar-refractivity contribution in [1.29, 1.82) is 0 Å². The highest BCUT2D eigenvalue weighted by atomic mass is 16.5. The lowest BCUT2D eigenvalue weighted by Crippen LogP contribution is -1.96. The maximum atomic E-state index is 10.7. The normalized spacial score (nSPS) is 10.0. The van der Waals surface area contributed by atoms with Crippen molar-refractivity contribution in [2.75, 3.05) is 14.2 Å². The van der Waals surface area contributed by atoms with Gasteiger partial charge in [0.1, 0.15) is 11.5 Å². The molecule has 4 heteroatoms. The molecule has 4 nitrogen and oxygen atoms in total. The minimum atomic E-state index is 0.620. The number of rotatable bonds is 4. The molecule has 0 spiro atoms. The molecular formula is C13H13NO3. The lowest BCUT2D eigenvalue weighted by Gasteiger charge is -2.11. The van der Waals surface area contributed by atoms with Gasteiger partial charge in [-0.1, -0.05) is 0 Å². The van der Waals surface area contributed by atoms with E-state index < -0.39 is 0 Å². The first-order valence-corrected chi connectivity index (χ1v) is 5.14. The molecule has 0 amide bonds. The molecule has 1 aromatic heterocycles. The van der Waals surface area contributed by atoms with Crippen LogP contribution in [0.4, 0.5) is 0 Å². The monoisotopic (exact) mass is 231 g/mol. The van der Waals surface area contributed by atoms with Crippen LogP contribution in [-0.2, 0) is 0 Å². The van der Waals surface area contributed by atoms with Crippen LogP contribution in [0.25, 0.3) is 5.69 Å². The van der Waals surface area contributed by atoms with Crippen molar-refractivity contribution in [3.05, 3.63) is 42.2 Å². The highest BCUT2D eigenvalue weighted by Gasteiger charge is 2.07. The summed E-state index contributed by atoms with van der Waals surface area (Å²) in [7, 11) is 3.22. The van der Waals surface area contributed by atoms with Crippen LogP contribution in [0.1, 0.15) is 10.4 Å².